The molecule has 0 aliphatic rings. The maximum absolute atomic E-state index is 10.7. The summed E-state index contributed by atoms with van der Waals surface area (Å²) >= 11 is 3.29. The van der Waals surface area contributed by atoms with Gasteiger partial charge in [-0.05, 0) is 25.1 Å². The van der Waals surface area contributed by atoms with Gasteiger partial charge >= 0.3 is 0 Å². The van der Waals surface area contributed by atoms with Crippen LogP contribution in [-0.4, -0.2) is 12.0 Å². The van der Waals surface area contributed by atoms with E-state index in [1.54, 1.807) is 19.1 Å². The molecule has 0 unspecified atom stereocenters. The third-order valence-electron chi connectivity index (χ3n) is 1.51. The van der Waals surface area contributed by atoms with Crippen LogP contribution in [0.25, 0.3) is 0 Å². The van der Waals surface area contributed by atoms with E-state index < -0.39 is 12.0 Å². The van der Waals surface area contributed by atoms with Crippen LogP contribution in [0.1, 0.15) is 6.92 Å². The molecule has 1 aromatic carbocycles. The Morgan fingerprint density at radius 2 is 2.31 bits per heavy atom. The third-order valence-corrected chi connectivity index (χ3v) is 2.00. The number of primary amides is 1. The molecule has 0 aromatic heterocycles. The van der Waals surface area contributed by atoms with Crippen LogP contribution in [0.4, 0.5) is 0 Å². The molecule has 0 bridgehead atoms. The molecule has 2 N–H and O–H groups in total. The quantitative estimate of drug-likeness (QED) is 0.879. The summed E-state index contributed by atoms with van der Waals surface area (Å²) in [5, 5.41) is 0. The van der Waals surface area contributed by atoms with E-state index in [9.17, 15) is 4.79 Å². The molecule has 0 aliphatic heterocycles. The normalized spacial score (nSPS) is 12.2. The fourth-order valence-corrected chi connectivity index (χ4v) is 1.18. The topological polar surface area (TPSA) is 52.3 Å². The highest BCUT2D eigenvalue weighted by molar-refractivity contribution is 9.10. The van der Waals surface area contributed by atoms with Crippen molar-refractivity contribution in [3.05, 3.63) is 28.7 Å². The zero-order chi connectivity index (χ0) is 9.84. The molecule has 4 heteroatoms. The molecule has 0 aliphatic carbocycles. The number of carbonyl (C=O) groups excluding carboxylic acids is 1. The Morgan fingerprint density at radius 3 is 2.85 bits per heavy atom. The molecule has 70 valence electrons. The van der Waals surface area contributed by atoms with Crippen LogP contribution in [-0.2, 0) is 4.79 Å². The van der Waals surface area contributed by atoms with Crippen LogP contribution in [0.15, 0.2) is 28.7 Å². The van der Waals surface area contributed by atoms with Gasteiger partial charge in [-0.25, -0.2) is 0 Å². The van der Waals surface area contributed by atoms with Crippen molar-refractivity contribution >= 4 is 21.8 Å². The third kappa shape index (κ3) is 3.06. The number of hydrogen-bond acceptors (Lipinski definition) is 2. The molecule has 3 nitrogen and oxygen atoms in total. The van der Waals surface area contributed by atoms with Crippen LogP contribution < -0.4 is 10.5 Å². The molecule has 1 amide bonds. The first-order valence-electron chi connectivity index (χ1n) is 3.81. The molecule has 1 rings (SSSR count). The lowest BCUT2D eigenvalue weighted by molar-refractivity contribution is -0.123. The van der Waals surface area contributed by atoms with Crippen molar-refractivity contribution in [1.29, 1.82) is 0 Å². The van der Waals surface area contributed by atoms with Crippen molar-refractivity contribution in [2.45, 2.75) is 13.0 Å². The Balaban J connectivity index is 2.69. The number of hydrogen-bond donors (Lipinski definition) is 1. The fraction of sp³-hybridized carbons (Fsp3) is 0.222. The van der Waals surface area contributed by atoms with E-state index in [0.717, 1.165) is 4.47 Å². The lowest BCUT2D eigenvalue weighted by Gasteiger charge is -2.10. The van der Waals surface area contributed by atoms with E-state index in [1.165, 1.54) is 0 Å². The average molecular weight is 244 g/mol. The molecule has 13 heavy (non-hydrogen) atoms. The maximum atomic E-state index is 10.7. The molecule has 1 aromatic rings. The van der Waals surface area contributed by atoms with Gasteiger partial charge in [0.15, 0.2) is 6.10 Å². The summed E-state index contributed by atoms with van der Waals surface area (Å²) in [6.45, 7) is 1.61. The van der Waals surface area contributed by atoms with E-state index in [4.69, 9.17) is 10.5 Å². The molecular weight excluding hydrogens is 234 g/mol. The van der Waals surface area contributed by atoms with Gasteiger partial charge in [0.1, 0.15) is 5.75 Å². The van der Waals surface area contributed by atoms with Gasteiger partial charge in [0.05, 0.1) is 0 Å². The first-order valence-corrected chi connectivity index (χ1v) is 4.60. The lowest BCUT2D eigenvalue weighted by atomic mass is 10.3. The van der Waals surface area contributed by atoms with E-state index >= 15 is 0 Å². The molecule has 0 radical (unpaired) electrons. The van der Waals surface area contributed by atoms with Gasteiger partial charge in [-0.3, -0.25) is 4.79 Å². The first-order chi connectivity index (χ1) is 6.09. The van der Waals surface area contributed by atoms with Gasteiger partial charge in [-0.1, -0.05) is 22.0 Å². The fourth-order valence-electron chi connectivity index (χ4n) is 0.803. The summed E-state index contributed by atoms with van der Waals surface area (Å²) < 4.78 is 6.16. The molecule has 0 spiro atoms. The van der Waals surface area contributed by atoms with Crippen LogP contribution in [0.5, 0.6) is 5.75 Å². The summed E-state index contributed by atoms with van der Waals surface area (Å²) in [4.78, 5) is 10.7. The molecule has 0 saturated heterocycles. The van der Waals surface area contributed by atoms with E-state index in [0.29, 0.717) is 5.75 Å². The van der Waals surface area contributed by atoms with Crippen LogP contribution >= 0.6 is 15.9 Å². The van der Waals surface area contributed by atoms with Gasteiger partial charge in [0.25, 0.3) is 5.91 Å². The summed E-state index contributed by atoms with van der Waals surface area (Å²) in [6.07, 6.45) is -0.603. The Bertz CT molecular complexity index is 314. The number of benzene rings is 1. The van der Waals surface area contributed by atoms with Crippen molar-refractivity contribution in [1.82, 2.24) is 0 Å². The zero-order valence-corrected chi connectivity index (χ0v) is 8.74. The smallest absolute Gasteiger partial charge is 0.258 e. The number of halogens is 1. The Morgan fingerprint density at radius 1 is 1.62 bits per heavy atom. The predicted molar refractivity (Wildman–Crippen MR) is 53.4 cm³/mol. The predicted octanol–water partition coefficient (Wildman–Crippen LogP) is 1.70. The van der Waals surface area contributed by atoms with Gasteiger partial charge < -0.3 is 10.5 Å². The van der Waals surface area contributed by atoms with Crippen molar-refractivity contribution in [3.63, 3.8) is 0 Å². The molecule has 0 heterocycles. The minimum absolute atomic E-state index is 0.472. The van der Waals surface area contributed by atoms with Crippen molar-refractivity contribution in [3.8, 4) is 5.75 Å². The van der Waals surface area contributed by atoms with E-state index in [1.807, 2.05) is 12.1 Å². The number of ether oxygens (including phenoxy) is 1. The van der Waals surface area contributed by atoms with Crippen molar-refractivity contribution < 1.29 is 9.53 Å². The molecule has 0 saturated carbocycles. The zero-order valence-electron chi connectivity index (χ0n) is 7.16. The number of carbonyl (C=O) groups is 1. The lowest BCUT2D eigenvalue weighted by Crippen LogP contribution is -2.30. The SMILES string of the molecule is C[C@H](Oc1cccc(Br)c1)C(N)=O. The van der Waals surface area contributed by atoms with Gasteiger partial charge in [0.2, 0.25) is 0 Å². The molecular formula is C9H10BrNO2. The molecule has 1 atom stereocenters. The maximum Gasteiger partial charge on any atom is 0.258 e. The Hall–Kier alpha value is -1.03. The van der Waals surface area contributed by atoms with Crippen molar-refractivity contribution in [2.75, 3.05) is 0 Å². The highest BCUT2D eigenvalue weighted by Gasteiger charge is 2.09. The number of amides is 1. The standard InChI is InChI=1S/C9H10BrNO2/c1-6(9(11)12)13-8-4-2-3-7(10)5-8/h2-6H,1H3,(H2,11,12)/t6-/m0/s1. The minimum Gasteiger partial charge on any atom is -0.481 e. The molecule has 0 fully saturated rings. The van der Waals surface area contributed by atoms with E-state index in [-0.39, 0.29) is 0 Å². The van der Waals surface area contributed by atoms with E-state index in [2.05, 4.69) is 15.9 Å². The highest BCUT2D eigenvalue weighted by atomic mass is 79.9. The van der Waals surface area contributed by atoms with Crippen LogP contribution in [0.3, 0.4) is 0 Å². The van der Waals surface area contributed by atoms with Gasteiger partial charge in [0, 0.05) is 4.47 Å². The first kappa shape index (κ1) is 10.1. The largest absolute Gasteiger partial charge is 0.481 e. The second kappa shape index (κ2) is 4.28. The van der Waals surface area contributed by atoms with Crippen LogP contribution in [0.2, 0.25) is 0 Å². The minimum atomic E-state index is -0.603. The number of rotatable bonds is 3. The highest BCUT2D eigenvalue weighted by Crippen LogP contribution is 2.18. The van der Waals surface area contributed by atoms with Crippen LogP contribution in [0, 0.1) is 0 Å². The Kier molecular flexibility index (Phi) is 3.31. The Labute approximate surface area is 85.0 Å². The second-order valence-corrected chi connectivity index (χ2v) is 3.54. The monoisotopic (exact) mass is 243 g/mol. The second-order valence-electron chi connectivity index (χ2n) is 2.62. The van der Waals surface area contributed by atoms with Gasteiger partial charge in [-0.15, -0.1) is 0 Å². The summed E-state index contributed by atoms with van der Waals surface area (Å²) in [5.74, 6) is 0.153. The number of nitrogens with two attached hydrogens (primary N) is 1. The summed E-state index contributed by atoms with van der Waals surface area (Å²) in [5.41, 5.74) is 5.05. The van der Waals surface area contributed by atoms with Crippen molar-refractivity contribution in [2.24, 2.45) is 5.73 Å². The summed E-state index contributed by atoms with van der Waals surface area (Å²) in [7, 11) is 0. The average Bonchev–Trinajstić information content (AvgIpc) is 2.04. The summed E-state index contributed by atoms with van der Waals surface area (Å²) in [6, 6.07) is 7.25. The van der Waals surface area contributed by atoms with Gasteiger partial charge in [-0.2, -0.15) is 0 Å².